The second-order valence-electron chi connectivity index (χ2n) is 5.51. The molecule has 0 saturated carbocycles. The molecule has 140 valence electrons. The van der Waals surface area contributed by atoms with Crippen molar-refractivity contribution in [3.63, 3.8) is 0 Å². The van der Waals surface area contributed by atoms with Crippen molar-refractivity contribution in [3.8, 4) is 0 Å². The number of nitrogens with zero attached hydrogens (tertiary/aromatic N) is 2. The SMILES string of the molecule is O=C(Cc1csc(NS(=O)(=O)c2ccc(F)cc2)n1)NCc1ccncc1. The molecule has 1 aromatic carbocycles. The zero-order chi connectivity index (χ0) is 19.3. The molecule has 0 unspecified atom stereocenters. The quantitative estimate of drug-likeness (QED) is 0.627. The maximum Gasteiger partial charge on any atom is 0.263 e. The molecule has 2 aromatic heterocycles. The van der Waals surface area contributed by atoms with Gasteiger partial charge in [0, 0.05) is 24.3 Å². The van der Waals surface area contributed by atoms with Gasteiger partial charge in [-0.05, 0) is 42.0 Å². The van der Waals surface area contributed by atoms with Gasteiger partial charge in [-0.25, -0.2) is 17.8 Å². The molecule has 1 amide bonds. The van der Waals surface area contributed by atoms with Crippen molar-refractivity contribution in [2.75, 3.05) is 4.72 Å². The van der Waals surface area contributed by atoms with Gasteiger partial charge in [-0.15, -0.1) is 11.3 Å². The van der Waals surface area contributed by atoms with Gasteiger partial charge in [0.05, 0.1) is 17.0 Å². The van der Waals surface area contributed by atoms with E-state index in [1.807, 2.05) is 0 Å². The number of aromatic nitrogens is 2. The second kappa shape index (κ2) is 8.23. The normalized spacial score (nSPS) is 11.1. The molecule has 0 saturated heterocycles. The Balaban J connectivity index is 1.58. The van der Waals surface area contributed by atoms with E-state index in [9.17, 15) is 17.6 Å². The minimum Gasteiger partial charge on any atom is -0.352 e. The molecule has 0 bridgehead atoms. The Morgan fingerprint density at radius 1 is 1.11 bits per heavy atom. The Hall–Kier alpha value is -2.85. The molecule has 27 heavy (non-hydrogen) atoms. The van der Waals surface area contributed by atoms with Crippen LogP contribution in [0.5, 0.6) is 0 Å². The van der Waals surface area contributed by atoms with E-state index in [0.717, 1.165) is 29.0 Å². The fraction of sp³-hybridized carbons (Fsp3) is 0.118. The molecule has 7 nitrogen and oxygen atoms in total. The first-order valence-corrected chi connectivity index (χ1v) is 10.2. The minimum atomic E-state index is -3.87. The summed E-state index contributed by atoms with van der Waals surface area (Å²) in [7, 11) is -3.87. The topological polar surface area (TPSA) is 101 Å². The van der Waals surface area contributed by atoms with Gasteiger partial charge in [0.15, 0.2) is 5.13 Å². The predicted octanol–water partition coefficient (Wildman–Crippen LogP) is 2.34. The molecule has 0 radical (unpaired) electrons. The Morgan fingerprint density at radius 3 is 2.52 bits per heavy atom. The highest BCUT2D eigenvalue weighted by Crippen LogP contribution is 2.20. The summed E-state index contributed by atoms with van der Waals surface area (Å²) in [5.74, 6) is -0.756. The number of carbonyl (C=O) groups is 1. The van der Waals surface area contributed by atoms with Crippen LogP contribution in [0, 0.1) is 5.82 Å². The number of hydrogen-bond acceptors (Lipinski definition) is 6. The summed E-state index contributed by atoms with van der Waals surface area (Å²) < 4.78 is 39.8. The van der Waals surface area contributed by atoms with Gasteiger partial charge < -0.3 is 5.32 Å². The highest BCUT2D eigenvalue weighted by atomic mass is 32.2. The maximum absolute atomic E-state index is 12.9. The van der Waals surface area contributed by atoms with E-state index in [1.165, 1.54) is 12.1 Å². The number of pyridine rings is 1. The van der Waals surface area contributed by atoms with Crippen molar-refractivity contribution >= 4 is 32.4 Å². The smallest absolute Gasteiger partial charge is 0.263 e. The second-order valence-corrected chi connectivity index (χ2v) is 8.05. The van der Waals surface area contributed by atoms with Crippen LogP contribution >= 0.6 is 11.3 Å². The lowest BCUT2D eigenvalue weighted by Gasteiger charge is -2.05. The number of carbonyl (C=O) groups excluding carboxylic acids is 1. The number of anilines is 1. The van der Waals surface area contributed by atoms with Crippen LogP contribution in [0.3, 0.4) is 0 Å². The first kappa shape index (κ1) is 18.9. The van der Waals surface area contributed by atoms with Crippen LogP contribution in [-0.2, 0) is 27.8 Å². The summed E-state index contributed by atoms with van der Waals surface area (Å²) in [5, 5.41) is 4.50. The fourth-order valence-corrected chi connectivity index (χ4v) is 4.11. The highest BCUT2D eigenvalue weighted by Gasteiger charge is 2.17. The van der Waals surface area contributed by atoms with Crippen LogP contribution < -0.4 is 10.0 Å². The third-order valence-electron chi connectivity index (χ3n) is 3.48. The summed E-state index contributed by atoms with van der Waals surface area (Å²) in [6.45, 7) is 0.371. The zero-order valence-corrected chi connectivity index (χ0v) is 15.6. The molecule has 0 fully saturated rings. The van der Waals surface area contributed by atoms with Crippen molar-refractivity contribution < 1.29 is 17.6 Å². The molecule has 0 aliphatic rings. The summed E-state index contributed by atoms with van der Waals surface area (Å²) in [6.07, 6.45) is 3.31. The Bertz CT molecular complexity index is 1020. The lowest BCUT2D eigenvalue weighted by Crippen LogP contribution is -2.24. The van der Waals surface area contributed by atoms with Crippen LogP contribution in [0.15, 0.2) is 59.1 Å². The number of hydrogen-bond donors (Lipinski definition) is 2. The van der Waals surface area contributed by atoms with E-state index < -0.39 is 15.8 Å². The molecule has 3 aromatic rings. The fourth-order valence-electron chi connectivity index (χ4n) is 2.15. The summed E-state index contributed by atoms with van der Waals surface area (Å²) >= 11 is 1.07. The zero-order valence-electron chi connectivity index (χ0n) is 13.9. The summed E-state index contributed by atoms with van der Waals surface area (Å²) in [5.41, 5.74) is 1.37. The molecule has 0 aliphatic heterocycles. The van der Waals surface area contributed by atoms with E-state index >= 15 is 0 Å². The number of nitrogens with one attached hydrogen (secondary N) is 2. The van der Waals surface area contributed by atoms with Crippen LogP contribution in [-0.4, -0.2) is 24.3 Å². The minimum absolute atomic E-state index is 0.0276. The Labute approximate surface area is 159 Å². The van der Waals surface area contributed by atoms with E-state index in [0.29, 0.717) is 12.2 Å². The van der Waals surface area contributed by atoms with Gasteiger partial charge in [-0.2, -0.15) is 0 Å². The monoisotopic (exact) mass is 406 g/mol. The first-order chi connectivity index (χ1) is 12.9. The third kappa shape index (κ3) is 5.31. The largest absolute Gasteiger partial charge is 0.352 e. The number of benzene rings is 1. The van der Waals surface area contributed by atoms with Gasteiger partial charge >= 0.3 is 0 Å². The predicted molar refractivity (Wildman–Crippen MR) is 99.1 cm³/mol. The summed E-state index contributed by atoms with van der Waals surface area (Å²) in [6, 6.07) is 8.05. The molecule has 2 heterocycles. The van der Waals surface area contributed by atoms with Crippen molar-refractivity contribution in [3.05, 3.63) is 71.2 Å². The average molecular weight is 406 g/mol. The third-order valence-corrected chi connectivity index (χ3v) is 5.77. The van der Waals surface area contributed by atoms with Crippen LogP contribution in [0.4, 0.5) is 9.52 Å². The van der Waals surface area contributed by atoms with E-state index in [1.54, 1.807) is 29.9 Å². The van der Waals surface area contributed by atoms with Crippen molar-refractivity contribution in [1.29, 1.82) is 0 Å². The standard InChI is InChI=1S/C17H15FN4O3S2/c18-13-1-3-15(4-2-13)27(24,25)22-17-21-14(11-26-17)9-16(23)20-10-12-5-7-19-8-6-12/h1-8,11H,9-10H2,(H,20,23)(H,21,22). The lowest BCUT2D eigenvalue weighted by molar-refractivity contribution is -0.120. The molecule has 0 aliphatic carbocycles. The maximum atomic E-state index is 12.9. The molecule has 10 heteroatoms. The van der Waals surface area contributed by atoms with Crippen molar-refractivity contribution in [2.24, 2.45) is 0 Å². The molecular formula is C17H15FN4O3S2. The van der Waals surface area contributed by atoms with Gasteiger partial charge in [0.2, 0.25) is 5.91 Å². The van der Waals surface area contributed by atoms with Gasteiger partial charge in [-0.3, -0.25) is 14.5 Å². The number of sulfonamides is 1. The van der Waals surface area contributed by atoms with Crippen LogP contribution in [0.2, 0.25) is 0 Å². The number of halogens is 1. The first-order valence-electron chi connectivity index (χ1n) is 7.81. The van der Waals surface area contributed by atoms with E-state index in [4.69, 9.17) is 0 Å². The van der Waals surface area contributed by atoms with E-state index in [2.05, 4.69) is 20.0 Å². The molecule has 0 atom stereocenters. The van der Waals surface area contributed by atoms with Gasteiger partial charge in [0.25, 0.3) is 10.0 Å². The highest BCUT2D eigenvalue weighted by molar-refractivity contribution is 7.93. The van der Waals surface area contributed by atoms with Crippen molar-refractivity contribution in [1.82, 2.24) is 15.3 Å². The van der Waals surface area contributed by atoms with Gasteiger partial charge in [-0.1, -0.05) is 0 Å². The Morgan fingerprint density at radius 2 is 1.81 bits per heavy atom. The van der Waals surface area contributed by atoms with Crippen molar-refractivity contribution in [2.45, 2.75) is 17.9 Å². The summed E-state index contributed by atoms with van der Waals surface area (Å²) in [4.78, 5) is 19.9. The van der Waals surface area contributed by atoms with E-state index in [-0.39, 0.29) is 22.4 Å². The molecular weight excluding hydrogens is 391 g/mol. The number of amides is 1. The molecule has 3 rings (SSSR count). The van der Waals surface area contributed by atoms with Gasteiger partial charge in [0.1, 0.15) is 5.82 Å². The number of rotatable bonds is 7. The van der Waals surface area contributed by atoms with Crippen LogP contribution in [0.25, 0.3) is 0 Å². The Kier molecular flexibility index (Phi) is 5.77. The molecule has 2 N–H and O–H groups in total. The lowest BCUT2D eigenvalue weighted by atomic mass is 10.2. The van der Waals surface area contributed by atoms with Crippen LogP contribution in [0.1, 0.15) is 11.3 Å². The molecule has 0 spiro atoms. The average Bonchev–Trinajstić information content (AvgIpc) is 3.07. The number of thiazole rings is 1.